The first-order valence-corrected chi connectivity index (χ1v) is 6.91. The number of halogens is 2. The number of benzene rings is 1. The maximum absolute atomic E-state index is 13.6. The van der Waals surface area contributed by atoms with Crippen LogP contribution in [-0.4, -0.2) is 36.4 Å². The van der Waals surface area contributed by atoms with E-state index >= 15 is 0 Å². The number of carbonyl (C=O) groups is 1. The van der Waals surface area contributed by atoms with Gasteiger partial charge in [0.05, 0.1) is 12.8 Å². The summed E-state index contributed by atoms with van der Waals surface area (Å²) < 4.78 is 41.4. The number of hydrogen-bond acceptors (Lipinski definition) is 6. The second-order valence-corrected chi connectivity index (χ2v) is 4.52. The van der Waals surface area contributed by atoms with Crippen LogP contribution in [-0.2, 0) is 16.1 Å². The minimum absolute atomic E-state index is 0.0119. The number of ether oxygens (including phenoxy) is 3. The van der Waals surface area contributed by atoms with Crippen molar-refractivity contribution in [2.24, 2.45) is 0 Å². The Hall–Kier alpha value is -2.81. The van der Waals surface area contributed by atoms with Crippen LogP contribution in [0.25, 0.3) is 0 Å². The highest BCUT2D eigenvalue weighted by Crippen LogP contribution is 2.15. The molecule has 0 fully saturated rings. The third-order valence-electron chi connectivity index (χ3n) is 2.72. The van der Waals surface area contributed by atoms with Gasteiger partial charge in [-0.2, -0.15) is 4.98 Å². The van der Waals surface area contributed by atoms with Gasteiger partial charge >= 0.3 is 12.1 Å². The summed E-state index contributed by atoms with van der Waals surface area (Å²) in [6.45, 7) is 0.209. The Bertz CT molecular complexity index is 700. The van der Waals surface area contributed by atoms with Crippen LogP contribution < -0.4 is 10.1 Å². The van der Waals surface area contributed by atoms with Crippen LogP contribution in [0.4, 0.5) is 19.4 Å². The van der Waals surface area contributed by atoms with E-state index in [1.807, 2.05) is 0 Å². The molecule has 0 unspecified atom stereocenters. The number of rotatable bonds is 7. The van der Waals surface area contributed by atoms with Crippen molar-refractivity contribution in [3.8, 4) is 6.01 Å². The Morgan fingerprint density at radius 1 is 1.29 bits per heavy atom. The lowest BCUT2D eigenvalue weighted by Crippen LogP contribution is -2.18. The fourth-order valence-electron chi connectivity index (χ4n) is 1.63. The summed E-state index contributed by atoms with van der Waals surface area (Å²) in [6.07, 6.45) is -0.0423. The van der Waals surface area contributed by atoms with Gasteiger partial charge in [-0.15, -0.1) is 0 Å². The minimum Gasteiger partial charge on any atom is -0.459 e. The van der Waals surface area contributed by atoms with Crippen molar-refractivity contribution >= 4 is 11.9 Å². The predicted molar refractivity (Wildman–Crippen MR) is 79.6 cm³/mol. The molecule has 0 spiro atoms. The molecule has 0 radical (unpaired) electrons. The number of anilines is 1. The maximum Gasteiger partial charge on any atom is 0.412 e. The smallest absolute Gasteiger partial charge is 0.412 e. The topological polar surface area (TPSA) is 82.6 Å². The lowest BCUT2D eigenvalue weighted by molar-refractivity contribution is 0.107. The second kappa shape index (κ2) is 8.73. The molecule has 1 amide bonds. The van der Waals surface area contributed by atoms with Crippen molar-refractivity contribution < 1.29 is 27.8 Å². The Morgan fingerprint density at radius 3 is 2.88 bits per heavy atom. The number of aromatic nitrogens is 2. The van der Waals surface area contributed by atoms with Gasteiger partial charge in [-0.25, -0.2) is 18.6 Å². The normalized spacial score (nSPS) is 10.3. The van der Waals surface area contributed by atoms with E-state index in [4.69, 9.17) is 14.2 Å². The van der Waals surface area contributed by atoms with Gasteiger partial charge in [0.15, 0.2) is 11.6 Å². The van der Waals surface area contributed by atoms with Crippen molar-refractivity contribution in [2.45, 2.75) is 6.61 Å². The molecule has 2 rings (SSSR count). The van der Waals surface area contributed by atoms with Crippen molar-refractivity contribution in [1.82, 2.24) is 9.97 Å². The molecule has 0 bridgehead atoms. The standard InChI is InChI=1S/C15H15F2N3O4/c1-22-5-6-23-15(21)20-13-12(17)8-18-14(19-13)24-9-10-3-2-4-11(16)7-10/h2-4,7-8H,5-6,9H2,1H3,(H,18,19,20,21). The summed E-state index contributed by atoms with van der Waals surface area (Å²) in [7, 11) is 1.45. The summed E-state index contributed by atoms with van der Waals surface area (Å²) in [4.78, 5) is 18.8. The van der Waals surface area contributed by atoms with Crippen molar-refractivity contribution in [1.29, 1.82) is 0 Å². The summed E-state index contributed by atoms with van der Waals surface area (Å²) in [6, 6.07) is 5.60. The van der Waals surface area contributed by atoms with E-state index < -0.39 is 17.7 Å². The zero-order valence-corrected chi connectivity index (χ0v) is 12.8. The molecule has 0 saturated carbocycles. The molecule has 0 atom stereocenters. The molecule has 0 aliphatic rings. The first-order valence-electron chi connectivity index (χ1n) is 6.91. The van der Waals surface area contributed by atoms with Crippen LogP contribution in [0.15, 0.2) is 30.5 Å². The number of nitrogens with zero attached hydrogens (tertiary/aromatic N) is 2. The lowest BCUT2D eigenvalue weighted by atomic mass is 10.2. The quantitative estimate of drug-likeness (QED) is 0.781. The van der Waals surface area contributed by atoms with Crippen molar-refractivity contribution in [3.05, 3.63) is 47.7 Å². The van der Waals surface area contributed by atoms with Crippen LogP contribution in [0.1, 0.15) is 5.56 Å². The molecule has 128 valence electrons. The lowest BCUT2D eigenvalue weighted by Gasteiger charge is -2.09. The maximum atomic E-state index is 13.6. The van der Waals surface area contributed by atoms with Crippen LogP contribution in [0.5, 0.6) is 6.01 Å². The molecule has 1 aromatic carbocycles. The molecule has 0 saturated heterocycles. The van der Waals surface area contributed by atoms with E-state index in [0.717, 1.165) is 6.20 Å². The number of methoxy groups -OCH3 is 1. The highest BCUT2D eigenvalue weighted by molar-refractivity contribution is 5.83. The largest absolute Gasteiger partial charge is 0.459 e. The minimum atomic E-state index is -0.888. The number of hydrogen-bond donors (Lipinski definition) is 1. The summed E-state index contributed by atoms with van der Waals surface area (Å²) in [5.74, 6) is -1.64. The van der Waals surface area contributed by atoms with Crippen LogP contribution in [0.3, 0.4) is 0 Å². The fourth-order valence-corrected chi connectivity index (χ4v) is 1.63. The van der Waals surface area contributed by atoms with E-state index in [-0.39, 0.29) is 31.6 Å². The predicted octanol–water partition coefficient (Wildman–Crippen LogP) is 2.53. The van der Waals surface area contributed by atoms with Gasteiger partial charge in [0.25, 0.3) is 0 Å². The van der Waals surface area contributed by atoms with E-state index in [9.17, 15) is 13.6 Å². The fraction of sp³-hybridized carbons (Fsp3) is 0.267. The molecule has 0 aliphatic carbocycles. The van der Waals surface area contributed by atoms with E-state index in [2.05, 4.69) is 15.3 Å². The Morgan fingerprint density at radius 2 is 2.12 bits per heavy atom. The summed E-state index contributed by atoms with van der Waals surface area (Å²) in [5.41, 5.74) is 0.552. The summed E-state index contributed by atoms with van der Waals surface area (Å²) >= 11 is 0. The average Bonchev–Trinajstić information content (AvgIpc) is 2.56. The van der Waals surface area contributed by atoms with Crippen LogP contribution in [0, 0.1) is 11.6 Å². The molecule has 0 aliphatic heterocycles. The molecule has 24 heavy (non-hydrogen) atoms. The Balaban J connectivity index is 1.96. The second-order valence-electron chi connectivity index (χ2n) is 4.52. The third kappa shape index (κ3) is 5.43. The van der Waals surface area contributed by atoms with Gasteiger partial charge in [0, 0.05) is 7.11 Å². The Kier molecular flexibility index (Phi) is 6.38. The average molecular weight is 339 g/mol. The molecule has 1 aromatic heterocycles. The molecule has 1 N–H and O–H groups in total. The van der Waals surface area contributed by atoms with Crippen molar-refractivity contribution in [2.75, 3.05) is 25.6 Å². The van der Waals surface area contributed by atoms with Crippen LogP contribution >= 0.6 is 0 Å². The van der Waals surface area contributed by atoms with Gasteiger partial charge in [-0.1, -0.05) is 12.1 Å². The molecule has 1 heterocycles. The van der Waals surface area contributed by atoms with Gasteiger partial charge in [0.2, 0.25) is 0 Å². The van der Waals surface area contributed by atoms with Gasteiger partial charge in [0.1, 0.15) is 19.0 Å². The number of nitrogens with one attached hydrogen (secondary N) is 1. The molecule has 2 aromatic rings. The number of carbonyl (C=O) groups excluding carboxylic acids is 1. The Labute approximate surface area is 136 Å². The van der Waals surface area contributed by atoms with E-state index in [1.54, 1.807) is 6.07 Å². The van der Waals surface area contributed by atoms with Crippen LogP contribution in [0.2, 0.25) is 0 Å². The molecule has 9 heteroatoms. The van der Waals surface area contributed by atoms with Gasteiger partial charge in [-0.05, 0) is 17.7 Å². The summed E-state index contributed by atoms with van der Waals surface area (Å²) in [5, 5.41) is 2.13. The zero-order valence-electron chi connectivity index (χ0n) is 12.8. The highest BCUT2D eigenvalue weighted by atomic mass is 19.1. The van der Waals surface area contributed by atoms with E-state index in [0.29, 0.717) is 5.56 Å². The third-order valence-corrected chi connectivity index (χ3v) is 2.72. The van der Waals surface area contributed by atoms with E-state index in [1.165, 1.54) is 25.3 Å². The first kappa shape index (κ1) is 17.5. The zero-order chi connectivity index (χ0) is 17.4. The molecule has 7 nitrogen and oxygen atoms in total. The monoisotopic (exact) mass is 339 g/mol. The molecular weight excluding hydrogens is 324 g/mol. The van der Waals surface area contributed by atoms with Gasteiger partial charge in [-0.3, -0.25) is 5.32 Å². The van der Waals surface area contributed by atoms with Gasteiger partial charge < -0.3 is 14.2 Å². The first-order chi connectivity index (χ1) is 11.6. The SMILES string of the molecule is COCCOC(=O)Nc1nc(OCc2cccc(F)c2)ncc1F. The highest BCUT2D eigenvalue weighted by Gasteiger charge is 2.12. The molecular formula is C15H15F2N3O4. The van der Waals surface area contributed by atoms with Crippen molar-refractivity contribution in [3.63, 3.8) is 0 Å². The number of amides is 1.